The third kappa shape index (κ3) is 2.12. The lowest BCUT2D eigenvalue weighted by atomic mass is 10.3. The van der Waals surface area contributed by atoms with Gasteiger partial charge >= 0.3 is 0 Å². The number of anilines is 1. The van der Waals surface area contributed by atoms with Gasteiger partial charge in [-0.2, -0.15) is 0 Å². The SMILES string of the molecule is Nc1cnccc1Sc1cnc2ccccc2n1. The minimum atomic E-state index is 0.650. The van der Waals surface area contributed by atoms with E-state index in [1.807, 2.05) is 30.3 Å². The lowest BCUT2D eigenvalue weighted by molar-refractivity contribution is 1.12. The molecule has 0 bridgehead atoms. The fourth-order valence-electron chi connectivity index (χ4n) is 1.59. The molecule has 4 nitrogen and oxygen atoms in total. The fraction of sp³-hybridized carbons (Fsp3) is 0. The van der Waals surface area contributed by atoms with E-state index < -0.39 is 0 Å². The van der Waals surface area contributed by atoms with Gasteiger partial charge in [0, 0.05) is 11.1 Å². The Morgan fingerprint density at radius 3 is 2.67 bits per heavy atom. The van der Waals surface area contributed by atoms with Crippen molar-refractivity contribution >= 4 is 28.5 Å². The molecule has 3 aromatic rings. The van der Waals surface area contributed by atoms with Crippen LogP contribution in [0.4, 0.5) is 5.69 Å². The summed E-state index contributed by atoms with van der Waals surface area (Å²) in [7, 11) is 0. The number of pyridine rings is 1. The maximum atomic E-state index is 5.85. The number of nitrogens with two attached hydrogens (primary N) is 1. The molecule has 3 rings (SSSR count). The summed E-state index contributed by atoms with van der Waals surface area (Å²) < 4.78 is 0. The molecule has 0 unspecified atom stereocenters. The van der Waals surface area contributed by atoms with Crippen LogP contribution in [0.3, 0.4) is 0 Å². The van der Waals surface area contributed by atoms with E-state index in [9.17, 15) is 0 Å². The number of fused-ring (bicyclic) bond motifs is 1. The Kier molecular flexibility index (Phi) is 2.82. The molecule has 0 radical (unpaired) electrons. The Morgan fingerprint density at radius 1 is 1.00 bits per heavy atom. The van der Waals surface area contributed by atoms with Crippen molar-refractivity contribution in [2.75, 3.05) is 5.73 Å². The Hall–Kier alpha value is -2.14. The number of nitrogen functional groups attached to an aromatic ring is 1. The zero-order valence-electron chi connectivity index (χ0n) is 9.45. The summed E-state index contributed by atoms with van der Waals surface area (Å²) >= 11 is 1.49. The normalized spacial score (nSPS) is 10.7. The molecule has 0 aliphatic rings. The van der Waals surface area contributed by atoms with Crippen molar-refractivity contribution in [2.45, 2.75) is 9.92 Å². The van der Waals surface area contributed by atoms with Crippen LogP contribution in [0.15, 0.2) is 58.8 Å². The molecule has 88 valence electrons. The van der Waals surface area contributed by atoms with Gasteiger partial charge in [-0.25, -0.2) is 4.98 Å². The van der Waals surface area contributed by atoms with E-state index in [4.69, 9.17) is 5.73 Å². The number of nitrogens with zero attached hydrogens (tertiary/aromatic N) is 3. The van der Waals surface area contributed by atoms with Crippen molar-refractivity contribution in [1.82, 2.24) is 15.0 Å². The quantitative estimate of drug-likeness (QED) is 0.761. The highest BCUT2D eigenvalue weighted by atomic mass is 32.2. The van der Waals surface area contributed by atoms with Crippen molar-refractivity contribution in [3.05, 3.63) is 48.9 Å². The topological polar surface area (TPSA) is 64.7 Å². The molecule has 5 heteroatoms. The smallest absolute Gasteiger partial charge is 0.120 e. The predicted molar refractivity (Wildman–Crippen MR) is 72.3 cm³/mol. The maximum Gasteiger partial charge on any atom is 0.120 e. The number of hydrogen-bond donors (Lipinski definition) is 1. The van der Waals surface area contributed by atoms with Gasteiger partial charge in [-0.05, 0) is 18.2 Å². The largest absolute Gasteiger partial charge is 0.397 e. The molecule has 0 aliphatic heterocycles. The van der Waals surface area contributed by atoms with Gasteiger partial charge in [-0.15, -0.1) is 0 Å². The molecule has 0 atom stereocenters. The van der Waals surface area contributed by atoms with E-state index in [2.05, 4.69) is 15.0 Å². The van der Waals surface area contributed by atoms with Crippen molar-refractivity contribution in [2.24, 2.45) is 0 Å². The summed E-state index contributed by atoms with van der Waals surface area (Å²) in [5.41, 5.74) is 8.28. The lowest BCUT2D eigenvalue weighted by Gasteiger charge is -2.04. The second-order valence-electron chi connectivity index (χ2n) is 3.71. The first kappa shape index (κ1) is 11.0. The summed E-state index contributed by atoms with van der Waals surface area (Å²) in [4.78, 5) is 13.8. The highest BCUT2D eigenvalue weighted by molar-refractivity contribution is 7.99. The molecule has 0 fully saturated rings. The van der Waals surface area contributed by atoms with E-state index in [0.717, 1.165) is 21.0 Å². The zero-order chi connectivity index (χ0) is 12.4. The molecule has 0 amide bonds. The van der Waals surface area contributed by atoms with Crippen LogP contribution in [0.2, 0.25) is 0 Å². The third-order valence-electron chi connectivity index (χ3n) is 2.45. The first-order valence-electron chi connectivity index (χ1n) is 5.42. The number of hydrogen-bond acceptors (Lipinski definition) is 5. The molecule has 0 saturated carbocycles. The second-order valence-corrected chi connectivity index (χ2v) is 4.77. The van der Waals surface area contributed by atoms with E-state index in [0.29, 0.717) is 5.69 Å². The Labute approximate surface area is 108 Å². The first-order chi connectivity index (χ1) is 8.83. The summed E-state index contributed by atoms with van der Waals surface area (Å²) in [6, 6.07) is 9.66. The van der Waals surface area contributed by atoms with Crippen LogP contribution >= 0.6 is 11.8 Å². The van der Waals surface area contributed by atoms with Crippen LogP contribution in [0.25, 0.3) is 11.0 Å². The highest BCUT2D eigenvalue weighted by Gasteiger charge is 2.04. The van der Waals surface area contributed by atoms with Crippen molar-refractivity contribution in [3.63, 3.8) is 0 Å². The van der Waals surface area contributed by atoms with Crippen LogP contribution in [0.5, 0.6) is 0 Å². The summed E-state index contributed by atoms with van der Waals surface area (Å²) in [5, 5.41) is 0.826. The molecule has 0 spiro atoms. The summed E-state index contributed by atoms with van der Waals surface area (Å²) in [6.07, 6.45) is 5.11. The summed E-state index contributed by atoms with van der Waals surface area (Å²) in [6.45, 7) is 0. The molecule has 0 saturated heterocycles. The van der Waals surface area contributed by atoms with E-state index >= 15 is 0 Å². The van der Waals surface area contributed by atoms with Crippen molar-refractivity contribution in [1.29, 1.82) is 0 Å². The number of para-hydroxylation sites is 2. The van der Waals surface area contributed by atoms with Gasteiger partial charge in [-0.3, -0.25) is 9.97 Å². The molecule has 18 heavy (non-hydrogen) atoms. The van der Waals surface area contributed by atoms with E-state index in [-0.39, 0.29) is 0 Å². The van der Waals surface area contributed by atoms with Gasteiger partial charge in [0.1, 0.15) is 5.03 Å². The molecular formula is C13H10N4S. The minimum absolute atomic E-state index is 0.650. The molecule has 2 heterocycles. The van der Waals surface area contributed by atoms with Gasteiger partial charge < -0.3 is 5.73 Å². The van der Waals surface area contributed by atoms with Gasteiger partial charge in [0.25, 0.3) is 0 Å². The van der Waals surface area contributed by atoms with E-state index in [1.165, 1.54) is 11.8 Å². The average Bonchev–Trinajstić information content (AvgIpc) is 2.41. The first-order valence-corrected chi connectivity index (χ1v) is 6.24. The van der Waals surface area contributed by atoms with Crippen LogP contribution in [-0.4, -0.2) is 15.0 Å². The zero-order valence-corrected chi connectivity index (χ0v) is 10.3. The molecule has 1 aromatic carbocycles. The van der Waals surface area contributed by atoms with Gasteiger partial charge in [0.15, 0.2) is 0 Å². The molecule has 2 N–H and O–H groups in total. The van der Waals surface area contributed by atoms with Crippen LogP contribution in [0, 0.1) is 0 Å². The van der Waals surface area contributed by atoms with Gasteiger partial charge in [0.2, 0.25) is 0 Å². The van der Waals surface area contributed by atoms with Gasteiger partial charge in [-0.1, -0.05) is 23.9 Å². The predicted octanol–water partition coefficient (Wildman–Crippen LogP) is 2.76. The summed E-state index contributed by atoms with van der Waals surface area (Å²) in [5.74, 6) is 0. The van der Waals surface area contributed by atoms with Crippen LogP contribution < -0.4 is 5.73 Å². The lowest BCUT2D eigenvalue weighted by Crippen LogP contribution is -1.91. The molecular weight excluding hydrogens is 244 g/mol. The average molecular weight is 254 g/mol. The highest BCUT2D eigenvalue weighted by Crippen LogP contribution is 2.30. The molecule has 0 aliphatic carbocycles. The van der Waals surface area contributed by atoms with Crippen LogP contribution in [0.1, 0.15) is 0 Å². The third-order valence-corrected chi connectivity index (χ3v) is 3.45. The van der Waals surface area contributed by atoms with Crippen molar-refractivity contribution < 1.29 is 0 Å². The van der Waals surface area contributed by atoms with Crippen LogP contribution in [-0.2, 0) is 0 Å². The Bertz CT molecular complexity index is 699. The number of aromatic nitrogens is 3. The maximum absolute atomic E-state index is 5.85. The Balaban J connectivity index is 1.98. The van der Waals surface area contributed by atoms with Gasteiger partial charge in [0.05, 0.1) is 29.1 Å². The standard InChI is InChI=1S/C13H10N4S/c14-9-7-15-6-5-12(9)18-13-8-16-10-3-1-2-4-11(10)17-13/h1-8H,14H2. The fourth-order valence-corrected chi connectivity index (χ4v) is 2.36. The van der Waals surface area contributed by atoms with Crippen molar-refractivity contribution in [3.8, 4) is 0 Å². The molecule has 2 aromatic heterocycles. The minimum Gasteiger partial charge on any atom is -0.397 e. The Morgan fingerprint density at radius 2 is 1.83 bits per heavy atom. The second kappa shape index (κ2) is 4.62. The monoisotopic (exact) mass is 254 g/mol. The number of rotatable bonds is 2. The number of benzene rings is 1. The van der Waals surface area contributed by atoms with E-state index in [1.54, 1.807) is 18.6 Å².